The zero-order chi connectivity index (χ0) is 13.4. The van der Waals surface area contributed by atoms with Gasteiger partial charge in [-0.25, -0.2) is 14.4 Å². The molecule has 0 saturated carbocycles. The van der Waals surface area contributed by atoms with Crippen molar-refractivity contribution in [3.63, 3.8) is 0 Å². The van der Waals surface area contributed by atoms with Gasteiger partial charge in [-0.3, -0.25) is 0 Å². The van der Waals surface area contributed by atoms with Gasteiger partial charge in [0.25, 0.3) is 0 Å². The van der Waals surface area contributed by atoms with E-state index in [2.05, 4.69) is 15.3 Å². The van der Waals surface area contributed by atoms with Crippen LogP contribution in [0.5, 0.6) is 0 Å². The zero-order valence-electron chi connectivity index (χ0n) is 9.95. The van der Waals surface area contributed by atoms with Gasteiger partial charge in [-0.2, -0.15) is 0 Å². The number of nitrogens with one attached hydrogen (secondary N) is 1. The Hall–Kier alpha value is -1.72. The summed E-state index contributed by atoms with van der Waals surface area (Å²) in [5.74, 6) is 0.836. The van der Waals surface area contributed by atoms with E-state index in [1.165, 1.54) is 23.5 Å². The molecule has 0 amide bonds. The second-order valence-electron chi connectivity index (χ2n) is 3.90. The second-order valence-corrected chi connectivity index (χ2v) is 5.23. The average Bonchev–Trinajstić information content (AvgIpc) is 2.83. The van der Waals surface area contributed by atoms with Crippen LogP contribution in [0.4, 0.5) is 10.2 Å². The fourth-order valence-corrected chi connectivity index (χ4v) is 2.92. The van der Waals surface area contributed by atoms with Crippen molar-refractivity contribution in [1.29, 1.82) is 0 Å². The summed E-state index contributed by atoms with van der Waals surface area (Å²) in [5.41, 5.74) is 0.554. The van der Waals surface area contributed by atoms with Crippen LogP contribution in [0.1, 0.15) is 0 Å². The van der Waals surface area contributed by atoms with Gasteiger partial charge < -0.3 is 5.32 Å². The highest BCUT2D eigenvalue weighted by molar-refractivity contribution is 7.14. The summed E-state index contributed by atoms with van der Waals surface area (Å²) in [6.45, 7) is 0. The summed E-state index contributed by atoms with van der Waals surface area (Å²) in [5, 5.41) is 6.25. The lowest BCUT2D eigenvalue weighted by molar-refractivity contribution is 0.629. The first-order chi connectivity index (χ1) is 9.19. The number of benzene rings is 1. The molecule has 19 heavy (non-hydrogen) atoms. The molecule has 0 fully saturated rings. The molecule has 0 aliphatic rings. The smallest absolute Gasteiger partial charge is 0.173 e. The number of anilines is 1. The first-order valence-electron chi connectivity index (χ1n) is 5.57. The minimum atomic E-state index is -0.323. The number of nitrogens with zero attached hydrogens (tertiary/aromatic N) is 2. The number of aromatic nitrogens is 2. The largest absolute Gasteiger partial charge is 0.373 e. The summed E-state index contributed by atoms with van der Waals surface area (Å²) < 4.78 is 13.3. The van der Waals surface area contributed by atoms with E-state index in [0.717, 1.165) is 10.3 Å². The molecule has 1 N–H and O–H groups in total. The molecule has 0 aliphatic carbocycles. The maximum Gasteiger partial charge on any atom is 0.173 e. The van der Waals surface area contributed by atoms with E-state index in [-0.39, 0.29) is 5.82 Å². The Morgan fingerprint density at radius 1 is 1.26 bits per heavy atom. The average molecular weight is 294 g/mol. The normalized spacial score (nSPS) is 10.9. The molecule has 0 aliphatic heterocycles. The van der Waals surface area contributed by atoms with Crippen molar-refractivity contribution < 1.29 is 4.39 Å². The summed E-state index contributed by atoms with van der Waals surface area (Å²) >= 11 is 7.54. The van der Waals surface area contributed by atoms with Gasteiger partial charge in [0.15, 0.2) is 5.82 Å². The molecule has 0 radical (unpaired) electrons. The van der Waals surface area contributed by atoms with Crippen molar-refractivity contribution in [3.05, 3.63) is 40.5 Å². The third-order valence-corrected chi connectivity index (χ3v) is 4.05. The minimum absolute atomic E-state index is 0.323. The first kappa shape index (κ1) is 12.3. The highest BCUT2D eigenvalue weighted by atomic mass is 35.5. The van der Waals surface area contributed by atoms with Gasteiger partial charge >= 0.3 is 0 Å². The number of hydrogen-bond acceptors (Lipinski definition) is 4. The Morgan fingerprint density at radius 2 is 2.11 bits per heavy atom. The van der Waals surface area contributed by atoms with Gasteiger partial charge in [0.05, 0.1) is 15.4 Å². The van der Waals surface area contributed by atoms with Crippen molar-refractivity contribution in [2.75, 3.05) is 12.4 Å². The van der Waals surface area contributed by atoms with Crippen molar-refractivity contribution in [1.82, 2.24) is 9.97 Å². The summed E-state index contributed by atoms with van der Waals surface area (Å²) in [4.78, 5) is 9.60. The molecule has 0 saturated heterocycles. The predicted octanol–water partition coefficient (Wildman–Crippen LogP) is 4.19. The van der Waals surface area contributed by atoms with Crippen molar-refractivity contribution in [2.24, 2.45) is 0 Å². The van der Waals surface area contributed by atoms with Gasteiger partial charge in [-0.1, -0.05) is 11.6 Å². The molecule has 2 heterocycles. The van der Waals surface area contributed by atoms with Crippen LogP contribution in [0.15, 0.2) is 29.6 Å². The molecule has 3 rings (SSSR count). The lowest BCUT2D eigenvalue weighted by Gasteiger charge is -2.07. The van der Waals surface area contributed by atoms with Gasteiger partial charge in [0.2, 0.25) is 0 Å². The van der Waals surface area contributed by atoms with E-state index in [4.69, 9.17) is 11.6 Å². The monoisotopic (exact) mass is 293 g/mol. The molecule has 0 spiro atoms. The topological polar surface area (TPSA) is 37.8 Å². The third kappa shape index (κ3) is 2.15. The number of rotatable bonds is 2. The van der Waals surface area contributed by atoms with Crippen LogP contribution in [0.25, 0.3) is 21.6 Å². The Balaban J connectivity index is 2.30. The quantitative estimate of drug-likeness (QED) is 0.770. The molecule has 1 aromatic carbocycles. The summed E-state index contributed by atoms with van der Waals surface area (Å²) in [7, 11) is 1.77. The van der Waals surface area contributed by atoms with E-state index >= 15 is 0 Å². The van der Waals surface area contributed by atoms with Crippen LogP contribution in [-0.4, -0.2) is 17.0 Å². The Labute approximate surface area is 118 Å². The summed E-state index contributed by atoms with van der Waals surface area (Å²) in [6, 6.07) is 6.24. The van der Waals surface area contributed by atoms with Gasteiger partial charge in [-0.05, 0) is 23.6 Å². The van der Waals surface area contributed by atoms with Crippen molar-refractivity contribution in [3.8, 4) is 10.7 Å². The Morgan fingerprint density at radius 3 is 2.79 bits per heavy atom. The highest BCUT2D eigenvalue weighted by Gasteiger charge is 2.12. The van der Waals surface area contributed by atoms with E-state index in [0.29, 0.717) is 22.2 Å². The molecule has 6 heteroatoms. The molecule has 3 nitrogen and oxygen atoms in total. The SMILES string of the molecule is CNc1nc(-c2sccc2Cl)nc2cc(F)ccc12. The van der Waals surface area contributed by atoms with E-state index in [1.54, 1.807) is 19.2 Å². The van der Waals surface area contributed by atoms with Gasteiger partial charge in [-0.15, -0.1) is 11.3 Å². The maximum absolute atomic E-state index is 13.3. The van der Waals surface area contributed by atoms with E-state index in [9.17, 15) is 4.39 Å². The third-order valence-electron chi connectivity index (χ3n) is 2.72. The Bertz CT molecular complexity index is 757. The lowest BCUT2D eigenvalue weighted by atomic mass is 10.2. The lowest BCUT2D eigenvalue weighted by Crippen LogP contribution is -1.98. The molecule has 0 bridgehead atoms. The second kappa shape index (κ2) is 4.75. The maximum atomic E-state index is 13.3. The van der Waals surface area contributed by atoms with Crippen LogP contribution in [0.2, 0.25) is 5.02 Å². The molecular formula is C13H9ClFN3S. The van der Waals surface area contributed by atoms with Crippen molar-refractivity contribution >= 4 is 39.7 Å². The van der Waals surface area contributed by atoms with Crippen LogP contribution in [-0.2, 0) is 0 Å². The van der Waals surface area contributed by atoms with E-state index in [1.807, 2.05) is 5.38 Å². The molecule has 0 atom stereocenters. The Kier molecular flexibility index (Phi) is 3.08. The molecule has 0 unspecified atom stereocenters. The number of halogens is 2. The zero-order valence-corrected chi connectivity index (χ0v) is 11.5. The molecule has 3 aromatic rings. The van der Waals surface area contributed by atoms with Crippen molar-refractivity contribution in [2.45, 2.75) is 0 Å². The van der Waals surface area contributed by atoms with Crippen LogP contribution in [0, 0.1) is 5.82 Å². The molecule has 2 aromatic heterocycles. The highest BCUT2D eigenvalue weighted by Crippen LogP contribution is 2.33. The first-order valence-corrected chi connectivity index (χ1v) is 6.83. The molecular weight excluding hydrogens is 285 g/mol. The van der Waals surface area contributed by atoms with Gasteiger partial charge in [0, 0.05) is 18.5 Å². The predicted molar refractivity (Wildman–Crippen MR) is 77.4 cm³/mol. The molecule has 96 valence electrons. The standard InChI is InChI=1S/C13H9ClFN3S/c1-16-12-8-3-2-7(15)6-10(8)17-13(18-12)11-9(14)4-5-19-11/h2-6H,1H3,(H,16,17,18). The van der Waals surface area contributed by atoms with Gasteiger partial charge in [0.1, 0.15) is 11.6 Å². The van der Waals surface area contributed by atoms with E-state index < -0.39 is 0 Å². The number of fused-ring (bicyclic) bond motifs is 1. The van der Waals surface area contributed by atoms with Crippen LogP contribution >= 0.6 is 22.9 Å². The minimum Gasteiger partial charge on any atom is -0.373 e. The fraction of sp³-hybridized carbons (Fsp3) is 0.0769. The van der Waals surface area contributed by atoms with Crippen LogP contribution in [0.3, 0.4) is 0 Å². The number of hydrogen-bond donors (Lipinski definition) is 1. The number of thiophene rings is 1. The van der Waals surface area contributed by atoms with Crippen LogP contribution < -0.4 is 5.32 Å². The summed E-state index contributed by atoms with van der Waals surface area (Å²) in [6.07, 6.45) is 0. The fourth-order valence-electron chi connectivity index (χ4n) is 1.85.